The molecule has 6 nitrogen and oxygen atoms in total. The van der Waals surface area contributed by atoms with Gasteiger partial charge in [-0.25, -0.2) is 24.4 Å². The van der Waals surface area contributed by atoms with Crippen LogP contribution < -0.4 is 17.1 Å². The van der Waals surface area contributed by atoms with Crippen LogP contribution in [0.15, 0.2) is 27.8 Å². The van der Waals surface area contributed by atoms with E-state index >= 15 is 0 Å². The van der Waals surface area contributed by atoms with Crippen LogP contribution in [-0.2, 0) is 0 Å². The highest BCUT2D eigenvalue weighted by Crippen LogP contribution is 2.14. The Morgan fingerprint density at radius 2 is 1.80 bits per heavy atom. The average molecular weight is 206 g/mol. The Bertz CT molecular complexity index is 578. The number of aromatic amines is 2. The first-order valence-electron chi connectivity index (χ1n) is 4.36. The van der Waals surface area contributed by atoms with Gasteiger partial charge in [0.1, 0.15) is 0 Å². The van der Waals surface area contributed by atoms with Crippen molar-refractivity contribution in [3.05, 3.63) is 44.7 Å². The topological polar surface area (TPSA) is 96.7 Å². The summed E-state index contributed by atoms with van der Waals surface area (Å²) in [5.41, 5.74) is 6.38. The molecule has 1 heterocycles. The van der Waals surface area contributed by atoms with Crippen molar-refractivity contribution < 1.29 is 0 Å². The minimum Gasteiger partial charge on any atom is -0.399 e. The van der Waals surface area contributed by atoms with Gasteiger partial charge in [0.05, 0.1) is 5.69 Å². The van der Waals surface area contributed by atoms with E-state index in [-0.39, 0.29) is 0 Å². The largest absolute Gasteiger partial charge is 0.399 e. The van der Waals surface area contributed by atoms with Crippen molar-refractivity contribution in [3.63, 3.8) is 0 Å². The second-order valence-corrected chi connectivity index (χ2v) is 3.24. The molecule has 0 saturated carbocycles. The summed E-state index contributed by atoms with van der Waals surface area (Å²) >= 11 is 0. The molecule has 0 bridgehead atoms. The van der Waals surface area contributed by atoms with E-state index in [2.05, 4.69) is 10.2 Å². The molecule has 4 N–H and O–H groups in total. The second-order valence-electron chi connectivity index (χ2n) is 3.24. The maximum absolute atomic E-state index is 11.3. The molecule has 0 aliphatic heterocycles. The molecule has 0 aliphatic rings. The quantitative estimate of drug-likeness (QED) is 0.561. The molecule has 6 heteroatoms. The molecule has 78 valence electrons. The van der Waals surface area contributed by atoms with Crippen molar-refractivity contribution in [2.75, 3.05) is 5.73 Å². The number of aryl methyl sites for hydroxylation is 1. The van der Waals surface area contributed by atoms with Gasteiger partial charge in [0.2, 0.25) is 0 Å². The van der Waals surface area contributed by atoms with E-state index in [0.717, 1.165) is 10.1 Å². The van der Waals surface area contributed by atoms with E-state index < -0.39 is 11.4 Å². The van der Waals surface area contributed by atoms with Crippen molar-refractivity contribution in [3.8, 4) is 5.69 Å². The number of benzene rings is 1. The number of anilines is 1. The lowest BCUT2D eigenvalue weighted by Crippen LogP contribution is -2.25. The third-order valence-corrected chi connectivity index (χ3v) is 2.16. The zero-order chi connectivity index (χ0) is 11.0. The Kier molecular flexibility index (Phi) is 1.96. The highest BCUT2D eigenvalue weighted by Gasteiger charge is 2.08. The van der Waals surface area contributed by atoms with E-state index in [1.807, 2.05) is 0 Å². The van der Waals surface area contributed by atoms with Gasteiger partial charge in [-0.2, -0.15) is 0 Å². The molecule has 1 aromatic carbocycles. The number of nitrogens with two attached hydrogens (primary N) is 1. The zero-order valence-corrected chi connectivity index (χ0v) is 8.07. The standard InChI is InChI=1S/C9H10N4O2/c1-5-2-3-6(10)4-7(5)13-8(14)11-12-9(13)15/h2-4H,10H2,1H3,(H,11,14)(H,12,15). The summed E-state index contributed by atoms with van der Waals surface area (Å²) in [6.45, 7) is 1.80. The number of H-pyrrole nitrogens is 2. The molecule has 0 unspecified atom stereocenters. The molecular weight excluding hydrogens is 196 g/mol. The highest BCUT2D eigenvalue weighted by molar-refractivity contribution is 5.51. The summed E-state index contributed by atoms with van der Waals surface area (Å²) in [6, 6.07) is 5.05. The molecular formula is C9H10N4O2. The summed E-state index contributed by atoms with van der Waals surface area (Å²) in [4.78, 5) is 22.7. The molecule has 0 radical (unpaired) electrons. The minimum atomic E-state index is -0.506. The van der Waals surface area contributed by atoms with Crippen LogP contribution in [0.25, 0.3) is 5.69 Å². The van der Waals surface area contributed by atoms with Gasteiger partial charge in [-0.3, -0.25) is 0 Å². The predicted octanol–water partition coefficient (Wildman–Crippen LogP) is -0.255. The third-order valence-electron chi connectivity index (χ3n) is 2.16. The summed E-state index contributed by atoms with van der Waals surface area (Å²) in [5, 5.41) is 4.42. The summed E-state index contributed by atoms with van der Waals surface area (Å²) < 4.78 is 1.01. The van der Waals surface area contributed by atoms with Gasteiger partial charge in [-0.15, -0.1) is 0 Å². The minimum absolute atomic E-state index is 0.488. The monoisotopic (exact) mass is 206 g/mol. The van der Waals surface area contributed by atoms with Crippen LogP contribution in [-0.4, -0.2) is 14.8 Å². The van der Waals surface area contributed by atoms with Crippen LogP contribution in [0, 0.1) is 6.92 Å². The van der Waals surface area contributed by atoms with Gasteiger partial charge in [0.25, 0.3) is 0 Å². The fourth-order valence-corrected chi connectivity index (χ4v) is 1.40. The van der Waals surface area contributed by atoms with Crippen LogP contribution in [0.1, 0.15) is 5.56 Å². The Balaban J connectivity index is 2.79. The molecule has 0 saturated heterocycles. The van der Waals surface area contributed by atoms with E-state index in [1.165, 1.54) is 0 Å². The molecule has 1 aromatic heterocycles. The first-order chi connectivity index (χ1) is 7.09. The van der Waals surface area contributed by atoms with Gasteiger partial charge >= 0.3 is 11.4 Å². The molecule has 0 amide bonds. The van der Waals surface area contributed by atoms with Crippen molar-refractivity contribution >= 4 is 5.69 Å². The van der Waals surface area contributed by atoms with E-state index in [4.69, 9.17) is 5.73 Å². The maximum Gasteiger partial charge on any atom is 0.348 e. The van der Waals surface area contributed by atoms with Crippen LogP contribution in [0.5, 0.6) is 0 Å². The number of rotatable bonds is 1. The van der Waals surface area contributed by atoms with Crippen molar-refractivity contribution in [2.45, 2.75) is 6.92 Å². The number of hydrogen-bond acceptors (Lipinski definition) is 3. The lowest BCUT2D eigenvalue weighted by molar-refractivity contribution is 0.942. The fraction of sp³-hybridized carbons (Fsp3) is 0.111. The highest BCUT2D eigenvalue weighted by atomic mass is 16.2. The van der Waals surface area contributed by atoms with Crippen LogP contribution in [0.3, 0.4) is 0 Å². The fourth-order valence-electron chi connectivity index (χ4n) is 1.40. The predicted molar refractivity (Wildman–Crippen MR) is 56.2 cm³/mol. The van der Waals surface area contributed by atoms with Gasteiger partial charge in [-0.05, 0) is 24.6 Å². The lowest BCUT2D eigenvalue weighted by atomic mass is 10.2. The molecule has 2 rings (SSSR count). The lowest BCUT2D eigenvalue weighted by Gasteiger charge is -2.04. The first-order valence-corrected chi connectivity index (χ1v) is 4.36. The Morgan fingerprint density at radius 1 is 1.20 bits per heavy atom. The van der Waals surface area contributed by atoms with E-state index in [0.29, 0.717) is 11.4 Å². The number of nitrogens with one attached hydrogen (secondary N) is 2. The van der Waals surface area contributed by atoms with E-state index in [1.54, 1.807) is 25.1 Å². The Labute approximate surface area is 84.3 Å². The van der Waals surface area contributed by atoms with Gasteiger partial charge in [0, 0.05) is 5.69 Å². The Hall–Kier alpha value is -2.24. The zero-order valence-electron chi connectivity index (χ0n) is 8.07. The summed E-state index contributed by atoms with van der Waals surface area (Å²) in [6.07, 6.45) is 0. The number of nitrogens with zero attached hydrogens (tertiary/aromatic N) is 1. The van der Waals surface area contributed by atoms with Crippen LogP contribution >= 0.6 is 0 Å². The molecule has 0 fully saturated rings. The molecule has 0 aliphatic carbocycles. The van der Waals surface area contributed by atoms with Crippen LogP contribution in [0.2, 0.25) is 0 Å². The average Bonchev–Trinajstić information content (AvgIpc) is 2.51. The molecule has 15 heavy (non-hydrogen) atoms. The first kappa shape index (κ1) is 9.32. The molecule has 0 spiro atoms. The normalized spacial score (nSPS) is 10.5. The van der Waals surface area contributed by atoms with E-state index in [9.17, 15) is 9.59 Å². The van der Waals surface area contributed by atoms with Gasteiger partial charge in [-0.1, -0.05) is 6.07 Å². The summed E-state index contributed by atoms with van der Waals surface area (Å²) in [5.74, 6) is 0. The smallest absolute Gasteiger partial charge is 0.348 e. The SMILES string of the molecule is Cc1ccc(N)cc1-n1c(=O)[nH][nH]c1=O. The number of hydrogen-bond donors (Lipinski definition) is 3. The van der Waals surface area contributed by atoms with Crippen LogP contribution in [0.4, 0.5) is 5.69 Å². The van der Waals surface area contributed by atoms with Crippen molar-refractivity contribution in [2.24, 2.45) is 0 Å². The number of aromatic nitrogens is 3. The third kappa shape index (κ3) is 1.45. The Morgan fingerprint density at radius 3 is 2.40 bits per heavy atom. The molecule has 2 aromatic rings. The maximum atomic E-state index is 11.3. The van der Waals surface area contributed by atoms with Gasteiger partial charge in [0.15, 0.2) is 0 Å². The van der Waals surface area contributed by atoms with Gasteiger partial charge < -0.3 is 5.73 Å². The number of nitrogen functional groups attached to an aromatic ring is 1. The van der Waals surface area contributed by atoms with Crippen molar-refractivity contribution in [1.29, 1.82) is 0 Å². The summed E-state index contributed by atoms with van der Waals surface area (Å²) in [7, 11) is 0. The molecule has 0 atom stereocenters. The van der Waals surface area contributed by atoms with Crippen molar-refractivity contribution in [1.82, 2.24) is 14.8 Å². The second kappa shape index (κ2) is 3.16.